The van der Waals surface area contributed by atoms with Crippen LogP contribution in [0.15, 0.2) is 46.6 Å². The summed E-state index contributed by atoms with van der Waals surface area (Å²) in [5.74, 6) is 0.421. The van der Waals surface area contributed by atoms with Crippen LogP contribution in [0.5, 0.6) is 0 Å². The molecule has 3 aromatic rings. The van der Waals surface area contributed by atoms with Gasteiger partial charge in [0.25, 0.3) is 10.2 Å². The lowest BCUT2D eigenvalue weighted by Gasteiger charge is -2.32. The van der Waals surface area contributed by atoms with Crippen molar-refractivity contribution in [3.63, 3.8) is 0 Å². The van der Waals surface area contributed by atoms with E-state index in [9.17, 15) is 13.2 Å². The average Bonchev–Trinajstić information content (AvgIpc) is 3.38. The smallest absolute Gasteiger partial charge is 0.246 e. The Hall–Kier alpha value is -1.98. The first-order valence-corrected chi connectivity index (χ1v) is 12.6. The molecule has 3 heterocycles. The second-order valence-electron chi connectivity index (χ2n) is 7.70. The summed E-state index contributed by atoms with van der Waals surface area (Å²) < 4.78 is 31.1. The molecule has 1 unspecified atom stereocenters. The molecule has 0 saturated carbocycles. The molecule has 11 heteroatoms. The molecule has 166 valence electrons. The second kappa shape index (κ2) is 8.87. The number of nitrogens with zero attached hydrogens (tertiary/aromatic N) is 5. The predicted octanol–water partition coefficient (Wildman–Crippen LogP) is 2.78. The molecule has 31 heavy (non-hydrogen) atoms. The van der Waals surface area contributed by atoms with Crippen LogP contribution in [-0.2, 0) is 16.8 Å². The molecular formula is C20H24ClN5O3S2. The Kier molecular flexibility index (Phi) is 6.36. The van der Waals surface area contributed by atoms with Gasteiger partial charge in [0.2, 0.25) is 0 Å². The van der Waals surface area contributed by atoms with Crippen molar-refractivity contribution in [1.29, 1.82) is 0 Å². The summed E-state index contributed by atoms with van der Waals surface area (Å²) in [6, 6.07) is 11.1. The Morgan fingerprint density at radius 3 is 2.61 bits per heavy atom. The molecule has 1 saturated heterocycles. The van der Waals surface area contributed by atoms with E-state index >= 15 is 0 Å². The van der Waals surface area contributed by atoms with Crippen LogP contribution in [0.25, 0.3) is 5.00 Å². The summed E-state index contributed by atoms with van der Waals surface area (Å²) in [6.45, 7) is 1.07. The highest BCUT2D eigenvalue weighted by molar-refractivity contribution is 7.86. The third-order valence-electron chi connectivity index (χ3n) is 5.37. The van der Waals surface area contributed by atoms with Crippen LogP contribution < -0.4 is 5.69 Å². The first-order valence-electron chi connectivity index (χ1n) is 9.93. The van der Waals surface area contributed by atoms with Crippen molar-refractivity contribution < 1.29 is 8.42 Å². The SMILES string of the molecule is CN(C)S(=O)(=O)N1CCCC(c2nn(Cc3ccc(Cl)cc3)c(=O)n2-c2cccs2)C1. The molecule has 0 spiro atoms. The van der Waals surface area contributed by atoms with Gasteiger partial charge in [-0.1, -0.05) is 23.7 Å². The van der Waals surface area contributed by atoms with Gasteiger partial charge in [-0.25, -0.2) is 14.0 Å². The fourth-order valence-corrected chi connectivity index (χ4v) is 5.80. The van der Waals surface area contributed by atoms with Crippen molar-refractivity contribution in [2.45, 2.75) is 25.3 Å². The molecule has 2 aromatic heterocycles. The zero-order valence-electron chi connectivity index (χ0n) is 17.3. The molecule has 1 atom stereocenters. The molecule has 0 bridgehead atoms. The van der Waals surface area contributed by atoms with Gasteiger partial charge in [-0.15, -0.1) is 11.3 Å². The summed E-state index contributed by atoms with van der Waals surface area (Å²) >= 11 is 7.43. The van der Waals surface area contributed by atoms with Crippen molar-refractivity contribution in [3.05, 3.63) is 68.7 Å². The highest BCUT2D eigenvalue weighted by atomic mass is 35.5. The van der Waals surface area contributed by atoms with E-state index in [1.807, 2.05) is 29.6 Å². The summed E-state index contributed by atoms with van der Waals surface area (Å²) in [5, 5.41) is 7.99. The van der Waals surface area contributed by atoms with Gasteiger partial charge in [-0.3, -0.25) is 0 Å². The van der Waals surface area contributed by atoms with Gasteiger partial charge in [0.05, 0.1) is 6.54 Å². The van der Waals surface area contributed by atoms with E-state index in [-0.39, 0.29) is 11.6 Å². The Labute approximate surface area is 190 Å². The Balaban J connectivity index is 1.72. The van der Waals surface area contributed by atoms with E-state index in [4.69, 9.17) is 11.6 Å². The maximum absolute atomic E-state index is 13.3. The Morgan fingerprint density at radius 1 is 1.23 bits per heavy atom. The average molecular weight is 482 g/mol. The zero-order chi connectivity index (χ0) is 22.2. The van der Waals surface area contributed by atoms with Gasteiger partial charge in [0.1, 0.15) is 10.8 Å². The Bertz CT molecular complexity index is 1200. The fourth-order valence-electron chi connectivity index (χ4n) is 3.75. The lowest BCUT2D eigenvalue weighted by atomic mass is 9.99. The third-order valence-corrected chi connectivity index (χ3v) is 8.39. The van der Waals surface area contributed by atoms with Gasteiger partial charge in [-0.2, -0.15) is 22.1 Å². The van der Waals surface area contributed by atoms with E-state index in [0.29, 0.717) is 36.9 Å². The topological polar surface area (TPSA) is 80.4 Å². The quantitative estimate of drug-likeness (QED) is 0.542. The van der Waals surface area contributed by atoms with E-state index in [2.05, 4.69) is 5.10 Å². The summed E-state index contributed by atoms with van der Waals surface area (Å²) in [5.41, 5.74) is 0.675. The van der Waals surface area contributed by atoms with Gasteiger partial charge in [0.15, 0.2) is 0 Å². The minimum absolute atomic E-state index is 0.176. The van der Waals surface area contributed by atoms with Crippen molar-refractivity contribution in [2.24, 2.45) is 0 Å². The highest BCUT2D eigenvalue weighted by Crippen LogP contribution is 2.29. The summed E-state index contributed by atoms with van der Waals surface area (Å²) in [4.78, 5) is 13.3. The highest BCUT2D eigenvalue weighted by Gasteiger charge is 2.34. The summed E-state index contributed by atoms with van der Waals surface area (Å²) in [6.07, 6.45) is 1.47. The van der Waals surface area contributed by atoms with Gasteiger partial charge < -0.3 is 0 Å². The number of thiophene rings is 1. The van der Waals surface area contributed by atoms with Crippen LogP contribution in [0.3, 0.4) is 0 Å². The molecule has 0 aliphatic carbocycles. The molecule has 4 rings (SSSR count). The van der Waals surface area contributed by atoms with Crippen molar-refractivity contribution in [3.8, 4) is 5.00 Å². The molecule has 1 aromatic carbocycles. The first kappa shape index (κ1) is 22.2. The monoisotopic (exact) mass is 481 g/mol. The van der Waals surface area contributed by atoms with Crippen LogP contribution >= 0.6 is 22.9 Å². The van der Waals surface area contributed by atoms with Crippen molar-refractivity contribution >= 4 is 33.1 Å². The molecule has 8 nitrogen and oxygen atoms in total. The lowest BCUT2D eigenvalue weighted by Crippen LogP contribution is -2.45. The molecule has 0 amide bonds. The number of hydrogen-bond acceptors (Lipinski definition) is 5. The minimum atomic E-state index is -3.53. The number of halogens is 1. The third kappa shape index (κ3) is 4.49. The molecule has 0 N–H and O–H groups in total. The van der Waals surface area contributed by atoms with Crippen LogP contribution in [0.2, 0.25) is 5.02 Å². The first-order chi connectivity index (χ1) is 14.8. The number of hydrogen-bond donors (Lipinski definition) is 0. The molecule has 0 radical (unpaired) electrons. The second-order valence-corrected chi connectivity index (χ2v) is 11.2. The molecule has 1 aliphatic heterocycles. The molecular weight excluding hydrogens is 458 g/mol. The number of rotatable bonds is 6. The van der Waals surface area contributed by atoms with E-state index in [1.165, 1.54) is 38.7 Å². The number of piperidine rings is 1. The predicted molar refractivity (Wildman–Crippen MR) is 122 cm³/mol. The fraction of sp³-hybridized carbons (Fsp3) is 0.400. The number of benzene rings is 1. The van der Waals surface area contributed by atoms with Gasteiger partial charge in [0, 0.05) is 38.1 Å². The number of aromatic nitrogens is 3. The largest absolute Gasteiger partial charge is 0.351 e. The maximum atomic E-state index is 13.3. The lowest BCUT2D eigenvalue weighted by molar-refractivity contribution is 0.291. The normalized spacial score (nSPS) is 18.0. The van der Waals surface area contributed by atoms with Gasteiger partial charge >= 0.3 is 5.69 Å². The minimum Gasteiger partial charge on any atom is -0.246 e. The Morgan fingerprint density at radius 2 is 1.97 bits per heavy atom. The maximum Gasteiger partial charge on any atom is 0.351 e. The van der Waals surface area contributed by atoms with Gasteiger partial charge in [-0.05, 0) is 48.1 Å². The van der Waals surface area contributed by atoms with Crippen molar-refractivity contribution in [1.82, 2.24) is 23.0 Å². The zero-order valence-corrected chi connectivity index (χ0v) is 19.7. The summed E-state index contributed by atoms with van der Waals surface area (Å²) in [7, 11) is -0.470. The van der Waals surface area contributed by atoms with Crippen LogP contribution in [0.4, 0.5) is 0 Å². The molecule has 1 fully saturated rings. The van der Waals surface area contributed by atoms with Crippen LogP contribution in [0, 0.1) is 0 Å². The van der Waals surface area contributed by atoms with Crippen LogP contribution in [0.1, 0.15) is 30.1 Å². The van der Waals surface area contributed by atoms with E-state index in [0.717, 1.165) is 17.0 Å². The molecule has 1 aliphatic rings. The van der Waals surface area contributed by atoms with E-state index in [1.54, 1.807) is 16.7 Å². The van der Waals surface area contributed by atoms with E-state index < -0.39 is 10.2 Å². The standard InChI is InChI=1S/C20H24ClN5O3S2/c1-23(2)31(28,29)24-11-3-5-16(14-24)19-22-25(13-15-7-9-17(21)10-8-15)20(27)26(19)18-6-4-12-30-18/h4,6-10,12,16H,3,5,11,13-14H2,1-2H3. The van der Waals surface area contributed by atoms with Crippen molar-refractivity contribution in [2.75, 3.05) is 27.2 Å². The van der Waals surface area contributed by atoms with Crippen LogP contribution in [-0.4, -0.2) is 58.6 Å².